The van der Waals surface area contributed by atoms with Gasteiger partial charge in [0.05, 0.1) is 19.1 Å². The molecule has 0 aliphatic carbocycles. The minimum Gasteiger partial charge on any atom is -0.497 e. The summed E-state index contributed by atoms with van der Waals surface area (Å²) < 4.78 is 11.0. The number of hydrogen-bond acceptors (Lipinski definition) is 6. The number of carbonyl (C=O) groups is 3. The van der Waals surface area contributed by atoms with Gasteiger partial charge in [-0.25, -0.2) is 0 Å². The first-order valence-electron chi connectivity index (χ1n) is 14.5. The van der Waals surface area contributed by atoms with E-state index in [1.165, 1.54) is 0 Å². The lowest BCUT2D eigenvalue weighted by Gasteiger charge is -2.38. The number of hydrogen-bond donors (Lipinski definition) is 1. The second-order valence-corrected chi connectivity index (χ2v) is 11.2. The van der Waals surface area contributed by atoms with Gasteiger partial charge in [-0.2, -0.15) is 0 Å². The molecule has 0 bridgehead atoms. The van der Waals surface area contributed by atoms with Gasteiger partial charge in [0.2, 0.25) is 5.91 Å². The van der Waals surface area contributed by atoms with E-state index < -0.39 is 23.4 Å². The van der Waals surface area contributed by atoms with Gasteiger partial charge in [0.15, 0.2) is 11.6 Å². The lowest BCUT2D eigenvalue weighted by Crippen LogP contribution is -2.49. The van der Waals surface area contributed by atoms with E-state index in [4.69, 9.17) is 9.47 Å². The Labute approximate surface area is 255 Å². The van der Waals surface area contributed by atoms with Crippen molar-refractivity contribution in [1.82, 2.24) is 4.90 Å². The number of carbonyl (C=O) groups excluding carboxylic acids is 3. The third kappa shape index (κ3) is 4.00. The zero-order chi connectivity index (χ0) is 30.4. The maximum atomic E-state index is 14.9. The molecular weight excluding hydrogens is 552 g/mol. The highest BCUT2D eigenvalue weighted by atomic mass is 16.5. The Morgan fingerprint density at radius 3 is 2.27 bits per heavy atom. The number of nitrogens with zero attached hydrogens (tertiary/aromatic N) is 1. The average molecular weight is 583 g/mol. The number of methoxy groups -OCH3 is 1. The van der Waals surface area contributed by atoms with Gasteiger partial charge in [-0.05, 0) is 77.4 Å². The SMILES string of the molecule is C=CCOc1ccc(C(=O)[C@H]2[C@@H](C(=O)c3ccc(OC)cc3)N3C=Cc4ccccc4[C@@H]3[C@@]23C(=O)Nc2ccccc23)cc1. The molecule has 1 spiro atoms. The summed E-state index contributed by atoms with van der Waals surface area (Å²) in [6, 6.07) is 27.5. The summed E-state index contributed by atoms with van der Waals surface area (Å²) >= 11 is 0. The van der Waals surface area contributed by atoms with E-state index in [0.717, 1.165) is 11.1 Å². The number of rotatable bonds is 8. The fraction of sp³-hybridized carbons (Fsp3) is 0.162. The third-order valence-corrected chi connectivity index (χ3v) is 9.00. The molecule has 3 heterocycles. The fourth-order valence-electron chi connectivity index (χ4n) is 7.14. The summed E-state index contributed by atoms with van der Waals surface area (Å²) in [4.78, 5) is 46.1. The topological polar surface area (TPSA) is 84.9 Å². The molecule has 7 nitrogen and oxygen atoms in total. The van der Waals surface area contributed by atoms with Crippen molar-refractivity contribution in [3.05, 3.63) is 144 Å². The van der Waals surface area contributed by atoms with E-state index in [1.54, 1.807) is 61.7 Å². The summed E-state index contributed by atoms with van der Waals surface area (Å²) in [7, 11) is 1.57. The van der Waals surface area contributed by atoms with Crippen molar-refractivity contribution in [2.45, 2.75) is 17.5 Å². The zero-order valence-electron chi connectivity index (χ0n) is 24.1. The molecule has 0 saturated carbocycles. The Morgan fingerprint density at radius 1 is 0.886 bits per heavy atom. The molecule has 4 aromatic rings. The van der Waals surface area contributed by atoms with Gasteiger partial charge in [-0.15, -0.1) is 0 Å². The minimum atomic E-state index is -1.39. The van der Waals surface area contributed by atoms with Crippen LogP contribution in [-0.4, -0.2) is 42.1 Å². The van der Waals surface area contributed by atoms with E-state index in [-0.39, 0.29) is 17.5 Å². The summed E-state index contributed by atoms with van der Waals surface area (Å²) in [5, 5.41) is 3.08. The van der Waals surface area contributed by atoms with Crippen molar-refractivity contribution in [3.8, 4) is 11.5 Å². The van der Waals surface area contributed by atoms with E-state index >= 15 is 0 Å². The van der Waals surface area contributed by atoms with E-state index in [2.05, 4.69) is 11.9 Å². The summed E-state index contributed by atoms with van der Waals surface area (Å²) in [5.74, 6) is -0.690. The van der Waals surface area contributed by atoms with Crippen LogP contribution in [0, 0.1) is 5.92 Å². The number of fused-ring (bicyclic) bond motifs is 6. The number of para-hydroxylation sites is 1. The van der Waals surface area contributed by atoms with Gasteiger partial charge in [0, 0.05) is 23.0 Å². The van der Waals surface area contributed by atoms with E-state index in [9.17, 15) is 14.4 Å². The molecule has 1 N–H and O–H groups in total. The molecule has 3 aliphatic rings. The zero-order valence-corrected chi connectivity index (χ0v) is 24.1. The molecule has 3 aliphatic heterocycles. The number of ketones is 2. The third-order valence-electron chi connectivity index (χ3n) is 9.00. The Morgan fingerprint density at radius 2 is 1.55 bits per heavy atom. The lowest BCUT2D eigenvalue weighted by atomic mass is 9.62. The Kier molecular flexibility index (Phi) is 6.66. The summed E-state index contributed by atoms with van der Waals surface area (Å²) in [6.45, 7) is 4.02. The van der Waals surface area contributed by atoms with Crippen LogP contribution >= 0.6 is 0 Å². The Balaban J connectivity index is 1.46. The Hall–Kier alpha value is -5.43. The van der Waals surface area contributed by atoms with Gasteiger partial charge in [-0.3, -0.25) is 14.4 Å². The van der Waals surface area contributed by atoms with Crippen LogP contribution in [0.15, 0.2) is 116 Å². The van der Waals surface area contributed by atoms with Crippen LogP contribution in [0.2, 0.25) is 0 Å². The normalized spacial score (nSPS) is 22.5. The first-order valence-corrected chi connectivity index (χ1v) is 14.5. The van der Waals surface area contributed by atoms with E-state index in [1.807, 2.05) is 65.7 Å². The van der Waals surface area contributed by atoms with Crippen LogP contribution in [0.4, 0.5) is 5.69 Å². The highest BCUT2D eigenvalue weighted by Gasteiger charge is 2.70. The molecule has 1 fully saturated rings. The molecule has 0 unspecified atom stereocenters. The second kappa shape index (κ2) is 10.7. The molecule has 1 amide bonds. The molecule has 218 valence electrons. The maximum absolute atomic E-state index is 14.9. The molecule has 1 saturated heterocycles. The smallest absolute Gasteiger partial charge is 0.238 e. The first-order chi connectivity index (χ1) is 21.5. The van der Waals surface area contributed by atoms with Crippen LogP contribution in [0.3, 0.4) is 0 Å². The van der Waals surface area contributed by atoms with Crippen LogP contribution in [0.5, 0.6) is 11.5 Å². The van der Waals surface area contributed by atoms with Crippen LogP contribution < -0.4 is 14.8 Å². The number of anilines is 1. The monoisotopic (exact) mass is 582 g/mol. The van der Waals surface area contributed by atoms with E-state index in [0.29, 0.717) is 40.5 Å². The number of benzene rings is 4. The molecule has 4 aromatic carbocycles. The van der Waals surface area contributed by atoms with Crippen molar-refractivity contribution in [3.63, 3.8) is 0 Å². The van der Waals surface area contributed by atoms with Crippen molar-refractivity contribution >= 4 is 29.2 Å². The second-order valence-electron chi connectivity index (χ2n) is 11.2. The molecule has 44 heavy (non-hydrogen) atoms. The van der Waals surface area contributed by atoms with Gasteiger partial charge in [0.25, 0.3) is 0 Å². The van der Waals surface area contributed by atoms with Crippen molar-refractivity contribution in [2.75, 3.05) is 19.0 Å². The van der Waals surface area contributed by atoms with Crippen molar-refractivity contribution in [1.29, 1.82) is 0 Å². The van der Waals surface area contributed by atoms with Gasteiger partial charge < -0.3 is 19.7 Å². The van der Waals surface area contributed by atoms with Crippen molar-refractivity contribution < 1.29 is 23.9 Å². The van der Waals surface area contributed by atoms with Crippen LogP contribution in [0.1, 0.15) is 43.4 Å². The first kappa shape index (κ1) is 27.4. The molecule has 4 atom stereocenters. The molecule has 0 radical (unpaired) electrons. The van der Waals surface area contributed by atoms with Crippen LogP contribution in [0.25, 0.3) is 6.08 Å². The predicted molar refractivity (Wildman–Crippen MR) is 168 cm³/mol. The van der Waals surface area contributed by atoms with Crippen molar-refractivity contribution in [2.24, 2.45) is 5.92 Å². The highest BCUT2D eigenvalue weighted by Crippen LogP contribution is 2.62. The Bertz CT molecular complexity index is 1830. The molecular formula is C37H30N2O5. The van der Waals surface area contributed by atoms with Crippen LogP contribution in [-0.2, 0) is 10.2 Å². The predicted octanol–water partition coefficient (Wildman–Crippen LogP) is 6.24. The number of nitrogens with one attached hydrogen (secondary N) is 1. The van der Waals surface area contributed by atoms with Gasteiger partial charge >= 0.3 is 0 Å². The maximum Gasteiger partial charge on any atom is 0.238 e. The number of Topliss-reactive ketones (excluding diaryl/α,β-unsaturated/α-hetero) is 2. The molecule has 7 heteroatoms. The lowest BCUT2D eigenvalue weighted by molar-refractivity contribution is -0.122. The summed E-state index contributed by atoms with van der Waals surface area (Å²) in [6.07, 6.45) is 5.47. The number of ether oxygens (including phenoxy) is 2. The van der Waals surface area contributed by atoms with Gasteiger partial charge in [0.1, 0.15) is 29.6 Å². The molecule has 7 rings (SSSR count). The average Bonchev–Trinajstić information content (AvgIpc) is 3.55. The molecule has 0 aromatic heterocycles. The quantitative estimate of drug-likeness (QED) is 0.196. The highest BCUT2D eigenvalue weighted by molar-refractivity contribution is 6.16. The standard InChI is InChI=1S/C37H30N2O5/c1-3-22-44-27-18-14-24(15-19-27)33(40)31-32(34(41)25-12-16-26(43-2)17-13-25)39-21-20-23-8-4-5-9-28(23)35(39)37(31)29-10-6-7-11-30(29)38-36(37)42/h3-21,31-32,35H,1,22H2,2H3,(H,38,42)/t31-,32+,35-,37+/m1/s1. The summed E-state index contributed by atoms with van der Waals surface area (Å²) in [5.41, 5.74) is 2.61. The largest absolute Gasteiger partial charge is 0.497 e. The van der Waals surface area contributed by atoms with Gasteiger partial charge in [-0.1, -0.05) is 55.1 Å². The minimum absolute atomic E-state index is 0.250. The number of amides is 1. The fourth-order valence-corrected chi connectivity index (χ4v) is 7.14.